The van der Waals surface area contributed by atoms with Gasteiger partial charge in [-0.05, 0) is 43.7 Å². The molecule has 1 aromatic carbocycles. The number of nitro groups is 1. The van der Waals surface area contributed by atoms with Gasteiger partial charge in [0, 0.05) is 17.3 Å². The number of halogens is 1. The monoisotopic (exact) mass is 336 g/mol. The molecule has 122 valence electrons. The summed E-state index contributed by atoms with van der Waals surface area (Å²) in [5.74, 6) is 0.442. The molecule has 0 fully saturated rings. The van der Waals surface area contributed by atoms with Gasteiger partial charge >= 0.3 is 5.69 Å². The lowest BCUT2D eigenvalue weighted by Gasteiger charge is -2.09. The zero-order valence-electron chi connectivity index (χ0n) is 12.3. The van der Waals surface area contributed by atoms with E-state index in [2.05, 4.69) is 20.6 Å². The van der Waals surface area contributed by atoms with Crippen molar-refractivity contribution in [3.63, 3.8) is 0 Å². The molecule has 0 spiro atoms. The van der Waals surface area contributed by atoms with E-state index in [1.807, 2.05) is 0 Å². The molecule has 0 saturated heterocycles. The van der Waals surface area contributed by atoms with Crippen LogP contribution in [0.5, 0.6) is 0 Å². The average Bonchev–Trinajstić information content (AvgIpc) is 2.54. The molecule has 0 aliphatic rings. The Morgan fingerprint density at radius 2 is 2.00 bits per heavy atom. The van der Waals surface area contributed by atoms with Crippen LogP contribution in [-0.4, -0.2) is 28.0 Å². The Kier molecular flexibility index (Phi) is 6.07. The quantitative estimate of drug-likeness (QED) is 0.385. The van der Waals surface area contributed by atoms with Crippen LogP contribution in [0.1, 0.15) is 12.8 Å². The minimum atomic E-state index is -0.517. The van der Waals surface area contributed by atoms with E-state index < -0.39 is 4.92 Å². The van der Waals surface area contributed by atoms with Crippen molar-refractivity contribution >= 4 is 34.7 Å². The summed E-state index contributed by atoms with van der Waals surface area (Å²) in [7, 11) is 0. The standard InChI is InChI=1S/C14H17ClN6O2/c15-10-3-5-11(6-4-10)19-14-18-9-12(21(22)23)13(20-14)17-8-2-1-7-16/h3-6,9H,1-2,7-8,16H2,(H2,17,18,19,20). The van der Waals surface area contributed by atoms with Crippen LogP contribution in [0.15, 0.2) is 30.5 Å². The molecule has 0 aliphatic heterocycles. The third kappa shape index (κ3) is 5.04. The molecule has 2 aromatic rings. The number of nitrogens with zero attached hydrogens (tertiary/aromatic N) is 3. The Balaban J connectivity index is 2.14. The fraction of sp³-hybridized carbons (Fsp3) is 0.286. The molecular formula is C14H17ClN6O2. The van der Waals surface area contributed by atoms with Gasteiger partial charge in [-0.2, -0.15) is 4.98 Å². The molecule has 0 radical (unpaired) electrons. The molecule has 9 heteroatoms. The van der Waals surface area contributed by atoms with Crippen LogP contribution < -0.4 is 16.4 Å². The molecule has 23 heavy (non-hydrogen) atoms. The first-order valence-electron chi connectivity index (χ1n) is 7.08. The summed E-state index contributed by atoms with van der Waals surface area (Å²) in [4.78, 5) is 18.7. The Morgan fingerprint density at radius 1 is 1.26 bits per heavy atom. The predicted molar refractivity (Wildman–Crippen MR) is 90.2 cm³/mol. The lowest BCUT2D eigenvalue weighted by molar-refractivity contribution is -0.384. The fourth-order valence-electron chi connectivity index (χ4n) is 1.84. The van der Waals surface area contributed by atoms with Gasteiger partial charge in [0.25, 0.3) is 0 Å². The van der Waals surface area contributed by atoms with Crippen LogP contribution in [-0.2, 0) is 0 Å². The lowest BCUT2D eigenvalue weighted by atomic mass is 10.3. The summed E-state index contributed by atoms with van der Waals surface area (Å²) in [5, 5.41) is 17.6. The lowest BCUT2D eigenvalue weighted by Crippen LogP contribution is -2.10. The number of rotatable bonds is 8. The Labute approximate surface area is 138 Å². The Hall–Kier alpha value is -2.45. The van der Waals surface area contributed by atoms with Crippen molar-refractivity contribution in [3.05, 3.63) is 45.6 Å². The molecule has 0 atom stereocenters. The van der Waals surface area contributed by atoms with Crippen molar-refractivity contribution in [2.24, 2.45) is 5.73 Å². The summed E-state index contributed by atoms with van der Waals surface area (Å²) in [6, 6.07) is 6.98. The highest BCUT2D eigenvalue weighted by molar-refractivity contribution is 6.30. The molecule has 0 unspecified atom stereocenters. The van der Waals surface area contributed by atoms with Crippen molar-refractivity contribution in [1.82, 2.24) is 9.97 Å². The first-order chi connectivity index (χ1) is 11.1. The van der Waals surface area contributed by atoms with Crippen molar-refractivity contribution in [3.8, 4) is 0 Å². The molecule has 0 amide bonds. The third-order valence-electron chi connectivity index (χ3n) is 2.99. The van der Waals surface area contributed by atoms with Gasteiger partial charge in [0.1, 0.15) is 6.20 Å². The van der Waals surface area contributed by atoms with Gasteiger partial charge < -0.3 is 16.4 Å². The number of unbranched alkanes of at least 4 members (excludes halogenated alkanes) is 1. The first-order valence-corrected chi connectivity index (χ1v) is 7.46. The second-order valence-corrected chi connectivity index (χ2v) is 5.18. The first kappa shape index (κ1) is 16.9. The van der Waals surface area contributed by atoms with Crippen LogP contribution in [0.3, 0.4) is 0 Å². The van der Waals surface area contributed by atoms with E-state index in [9.17, 15) is 10.1 Å². The van der Waals surface area contributed by atoms with Crippen LogP contribution in [0.2, 0.25) is 5.02 Å². The van der Waals surface area contributed by atoms with Crippen LogP contribution in [0.4, 0.5) is 23.1 Å². The molecular weight excluding hydrogens is 320 g/mol. The van der Waals surface area contributed by atoms with E-state index >= 15 is 0 Å². The molecule has 1 heterocycles. The zero-order valence-corrected chi connectivity index (χ0v) is 13.1. The zero-order chi connectivity index (χ0) is 16.7. The minimum absolute atomic E-state index is 0.167. The third-order valence-corrected chi connectivity index (χ3v) is 3.24. The number of benzene rings is 1. The van der Waals surface area contributed by atoms with Crippen molar-refractivity contribution in [2.45, 2.75) is 12.8 Å². The number of anilines is 3. The average molecular weight is 337 g/mol. The molecule has 4 N–H and O–H groups in total. The summed E-state index contributed by atoms with van der Waals surface area (Å²) in [6.45, 7) is 1.13. The molecule has 8 nitrogen and oxygen atoms in total. The van der Waals surface area contributed by atoms with Gasteiger partial charge in [0.05, 0.1) is 4.92 Å². The van der Waals surface area contributed by atoms with Gasteiger partial charge in [-0.1, -0.05) is 11.6 Å². The number of nitrogens with two attached hydrogens (primary N) is 1. The van der Waals surface area contributed by atoms with E-state index in [1.54, 1.807) is 24.3 Å². The molecule has 0 saturated carbocycles. The summed E-state index contributed by atoms with van der Waals surface area (Å²) < 4.78 is 0. The topological polar surface area (TPSA) is 119 Å². The van der Waals surface area contributed by atoms with E-state index in [0.717, 1.165) is 18.5 Å². The van der Waals surface area contributed by atoms with Gasteiger partial charge in [0.2, 0.25) is 11.8 Å². The largest absolute Gasteiger partial charge is 0.364 e. The van der Waals surface area contributed by atoms with Gasteiger partial charge in [0.15, 0.2) is 0 Å². The number of hydrogen-bond donors (Lipinski definition) is 3. The van der Waals surface area contributed by atoms with Crippen LogP contribution in [0, 0.1) is 10.1 Å². The number of nitrogens with one attached hydrogen (secondary N) is 2. The van der Waals surface area contributed by atoms with Crippen LogP contribution in [0.25, 0.3) is 0 Å². The van der Waals surface area contributed by atoms with E-state index in [-0.39, 0.29) is 17.5 Å². The maximum Gasteiger partial charge on any atom is 0.329 e. The summed E-state index contributed by atoms with van der Waals surface area (Å²) in [5.41, 5.74) is 5.99. The predicted octanol–water partition coefficient (Wildman–Crippen LogP) is 2.93. The van der Waals surface area contributed by atoms with Crippen molar-refractivity contribution in [1.29, 1.82) is 0 Å². The highest BCUT2D eigenvalue weighted by Gasteiger charge is 2.17. The van der Waals surface area contributed by atoms with Crippen LogP contribution >= 0.6 is 11.6 Å². The maximum absolute atomic E-state index is 11.0. The van der Waals surface area contributed by atoms with Gasteiger partial charge in [-0.15, -0.1) is 0 Å². The van der Waals surface area contributed by atoms with E-state index in [1.165, 1.54) is 6.20 Å². The van der Waals surface area contributed by atoms with Gasteiger partial charge in [-0.25, -0.2) is 4.98 Å². The molecule has 1 aromatic heterocycles. The van der Waals surface area contributed by atoms with E-state index in [0.29, 0.717) is 18.1 Å². The highest BCUT2D eigenvalue weighted by atomic mass is 35.5. The number of aromatic nitrogens is 2. The minimum Gasteiger partial charge on any atom is -0.364 e. The Morgan fingerprint density at radius 3 is 2.65 bits per heavy atom. The second-order valence-electron chi connectivity index (χ2n) is 4.74. The maximum atomic E-state index is 11.0. The molecule has 0 bridgehead atoms. The number of hydrogen-bond acceptors (Lipinski definition) is 7. The van der Waals surface area contributed by atoms with Crippen molar-refractivity contribution in [2.75, 3.05) is 23.7 Å². The smallest absolute Gasteiger partial charge is 0.329 e. The summed E-state index contributed by atoms with van der Waals surface area (Å²) >= 11 is 5.83. The Bertz CT molecular complexity index is 665. The van der Waals surface area contributed by atoms with Crippen molar-refractivity contribution < 1.29 is 4.92 Å². The molecule has 2 rings (SSSR count). The fourth-order valence-corrected chi connectivity index (χ4v) is 1.96. The highest BCUT2D eigenvalue weighted by Crippen LogP contribution is 2.24. The van der Waals surface area contributed by atoms with Gasteiger partial charge in [-0.3, -0.25) is 10.1 Å². The SMILES string of the molecule is NCCCCNc1nc(Nc2ccc(Cl)cc2)ncc1[N+](=O)[O-]. The summed E-state index contributed by atoms with van der Waals surface area (Å²) in [6.07, 6.45) is 2.82. The molecule has 0 aliphatic carbocycles. The normalized spacial score (nSPS) is 10.3. The second kappa shape index (κ2) is 8.25. The van der Waals surface area contributed by atoms with E-state index in [4.69, 9.17) is 17.3 Å².